The van der Waals surface area contributed by atoms with Crippen LogP contribution in [0.1, 0.15) is 0 Å². The number of hydrogen-bond donors (Lipinski definition) is 2. The number of hydrogen-bond acceptors (Lipinski definition) is 6. The monoisotopic (exact) mass is 348 g/mol. The summed E-state index contributed by atoms with van der Waals surface area (Å²) in [7, 11) is 3.41. The highest BCUT2D eigenvalue weighted by atomic mass is 32.1. The molecular formula is C12H24N6O2S2. The first-order valence-corrected chi connectivity index (χ1v) is 8.00. The number of nitrogens with one attached hydrogen (secondary N) is 2. The van der Waals surface area contributed by atoms with Crippen molar-refractivity contribution < 1.29 is 9.47 Å². The van der Waals surface area contributed by atoms with E-state index in [9.17, 15) is 0 Å². The molecule has 0 aromatic heterocycles. The minimum atomic E-state index is 0.685. The molecule has 2 fully saturated rings. The molecule has 2 saturated heterocycles. The Morgan fingerprint density at radius 1 is 0.864 bits per heavy atom. The maximum absolute atomic E-state index is 5.44. The van der Waals surface area contributed by atoms with Crippen LogP contribution in [0.4, 0.5) is 0 Å². The molecule has 2 rings (SSSR count). The summed E-state index contributed by atoms with van der Waals surface area (Å²) in [5.41, 5.74) is 0. The minimum absolute atomic E-state index is 0.685. The summed E-state index contributed by atoms with van der Waals surface area (Å²) in [5, 5.41) is 11.8. The largest absolute Gasteiger partial charge is 0.383 e. The van der Waals surface area contributed by atoms with Crippen LogP contribution >= 0.6 is 24.4 Å². The van der Waals surface area contributed by atoms with Gasteiger partial charge in [0.15, 0.2) is 10.2 Å². The maximum atomic E-state index is 5.44. The van der Waals surface area contributed by atoms with Crippen molar-refractivity contribution in [3.63, 3.8) is 0 Å². The third-order valence-corrected chi connectivity index (χ3v) is 4.27. The Morgan fingerprint density at radius 2 is 1.27 bits per heavy atom. The molecule has 0 unspecified atom stereocenters. The fraction of sp³-hybridized carbons (Fsp3) is 0.833. The maximum Gasteiger partial charge on any atom is 0.190 e. The van der Waals surface area contributed by atoms with Gasteiger partial charge >= 0.3 is 0 Å². The van der Waals surface area contributed by atoms with Crippen LogP contribution in [0, 0.1) is 0 Å². The van der Waals surface area contributed by atoms with Crippen molar-refractivity contribution >= 4 is 34.7 Å². The summed E-state index contributed by atoms with van der Waals surface area (Å²) in [6.45, 7) is 5.87. The lowest BCUT2D eigenvalue weighted by Gasteiger charge is -2.48. The van der Waals surface area contributed by atoms with Crippen LogP contribution in [0.25, 0.3) is 0 Å². The number of hydrazine groups is 1. The van der Waals surface area contributed by atoms with Crippen molar-refractivity contribution in [2.45, 2.75) is 0 Å². The molecule has 2 aliphatic rings. The van der Waals surface area contributed by atoms with Crippen molar-refractivity contribution in [1.29, 1.82) is 0 Å². The molecular weight excluding hydrogens is 324 g/mol. The van der Waals surface area contributed by atoms with Gasteiger partial charge in [0.1, 0.15) is 0 Å². The molecule has 2 aliphatic heterocycles. The van der Waals surface area contributed by atoms with E-state index in [1.54, 1.807) is 14.2 Å². The van der Waals surface area contributed by atoms with Gasteiger partial charge < -0.3 is 20.1 Å². The lowest BCUT2D eigenvalue weighted by molar-refractivity contribution is -0.0243. The van der Waals surface area contributed by atoms with Crippen LogP contribution in [-0.4, -0.2) is 97.2 Å². The highest BCUT2D eigenvalue weighted by Gasteiger charge is 2.30. The molecule has 126 valence electrons. The van der Waals surface area contributed by atoms with Crippen LogP contribution in [0.3, 0.4) is 0 Å². The molecule has 22 heavy (non-hydrogen) atoms. The summed E-state index contributed by atoms with van der Waals surface area (Å²) in [6, 6.07) is 0. The van der Waals surface area contributed by atoms with Gasteiger partial charge in [-0.2, -0.15) is 0 Å². The predicted octanol–water partition coefficient (Wildman–Crippen LogP) is -0.992. The molecule has 0 aromatic rings. The Labute approximate surface area is 142 Å². The Bertz CT molecular complexity index is 364. The first-order valence-electron chi connectivity index (χ1n) is 7.19. The van der Waals surface area contributed by atoms with Crippen molar-refractivity contribution in [2.75, 3.05) is 67.2 Å². The standard InChI is InChI=1S/C12H24N6O2S2/c1-19-5-3-15-7-13-11(21)17(9-15)18-10-16(4-6-20-2)8-14-12(18)22/h3-10H2,1-2H3,(H,13,21)(H,14,22). The molecule has 0 atom stereocenters. The first-order chi connectivity index (χ1) is 10.7. The zero-order valence-electron chi connectivity index (χ0n) is 13.1. The molecule has 0 bridgehead atoms. The first kappa shape index (κ1) is 17.6. The van der Waals surface area contributed by atoms with Crippen molar-refractivity contribution in [2.24, 2.45) is 0 Å². The number of thiocarbonyl (C=S) groups is 2. The van der Waals surface area contributed by atoms with Gasteiger partial charge in [-0.1, -0.05) is 0 Å². The molecule has 0 spiro atoms. The second-order valence-electron chi connectivity index (χ2n) is 5.14. The summed E-state index contributed by atoms with van der Waals surface area (Å²) < 4.78 is 10.3. The van der Waals surface area contributed by atoms with Crippen LogP contribution in [0.2, 0.25) is 0 Å². The average Bonchev–Trinajstić information content (AvgIpc) is 2.53. The van der Waals surface area contributed by atoms with Gasteiger partial charge in [-0.25, -0.2) is 10.0 Å². The second-order valence-corrected chi connectivity index (χ2v) is 5.91. The molecule has 0 amide bonds. The van der Waals surface area contributed by atoms with E-state index in [4.69, 9.17) is 33.9 Å². The van der Waals surface area contributed by atoms with Crippen LogP contribution in [0.15, 0.2) is 0 Å². The van der Waals surface area contributed by atoms with Crippen LogP contribution in [0.5, 0.6) is 0 Å². The highest BCUT2D eigenvalue weighted by molar-refractivity contribution is 7.80. The smallest absolute Gasteiger partial charge is 0.190 e. The number of ether oxygens (including phenoxy) is 2. The number of methoxy groups -OCH3 is 2. The zero-order chi connectivity index (χ0) is 15.9. The van der Waals surface area contributed by atoms with E-state index in [1.807, 2.05) is 10.0 Å². The van der Waals surface area contributed by atoms with Gasteiger partial charge in [0.05, 0.1) is 39.9 Å². The van der Waals surface area contributed by atoms with Gasteiger partial charge in [0.2, 0.25) is 0 Å². The normalized spacial score (nSPS) is 21.0. The second kappa shape index (κ2) is 8.75. The third kappa shape index (κ3) is 4.61. The Balaban J connectivity index is 1.96. The molecule has 10 heteroatoms. The fourth-order valence-electron chi connectivity index (χ4n) is 2.26. The van der Waals surface area contributed by atoms with E-state index in [-0.39, 0.29) is 0 Å². The van der Waals surface area contributed by atoms with E-state index < -0.39 is 0 Å². The van der Waals surface area contributed by atoms with Crippen LogP contribution in [-0.2, 0) is 9.47 Å². The van der Waals surface area contributed by atoms with Gasteiger partial charge in [-0.05, 0) is 24.4 Å². The van der Waals surface area contributed by atoms with Gasteiger partial charge in [-0.15, -0.1) is 0 Å². The molecule has 2 heterocycles. The van der Waals surface area contributed by atoms with Gasteiger partial charge in [0, 0.05) is 27.3 Å². The quantitative estimate of drug-likeness (QED) is 0.561. The van der Waals surface area contributed by atoms with E-state index in [2.05, 4.69) is 20.4 Å². The average molecular weight is 348 g/mol. The summed E-state index contributed by atoms with van der Waals surface area (Å²) >= 11 is 10.9. The zero-order valence-corrected chi connectivity index (χ0v) is 14.7. The van der Waals surface area contributed by atoms with Gasteiger partial charge in [0.25, 0.3) is 0 Å². The topological polar surface area (TPSA) is 55.5 Å². The lowest BCUT2D eigenvalue weighted by atomic mass is 10.5. The summed E-state index contributed by atoms with van der Waals surface area (Å²) in [5.74, 6) is 0. The SMILES string of the molecule is COCCN1CNC(=S)N(N2CN(CCOC)CNC2=S)C1. The van der Waals surface area contributed by atoms with Crippen molar-refractivity contribution in [1.82, 2.24) is 30.5 Å². The predicted molar refractivity (Wildman–Crippen MR) is 91.8 cm³/mol. The van der Waals surface area contributed by atoms with E-state index in [0.717, 1.165) is 26.4 Å². The number of rotatable bonds is 7. The van der Waals surface area contributed by atoms with Crippen molar-refractivity contribution in [3.05, 3.63) is 0 Å². The van der Waals surface area contributed by atoms with E-state index in [0.29, 0.717) is 36.8 Å². The molecule has 0 aliphatic carbocycles. The molecule has 0 radical (unpaired) electrons. The Morgan fingerprint density at radius 3 is 1.64 bits per heavy atom. The van der Waals surface area contributed by atoms with Gasteiger partial charge in [-0.3, -0.25) is 9.80 Å². The molecule has 0 aromatic carbocycles. The fourth-order valence-corrected chi connectivity index (χ4v) is 2.70. The Kier molecular flexibility index (Phi) is 6.99. The molecule has 8 nitrogen and oxygen atoms in total. The third-order valence-electron chi connectivity index (χ3n) is 3.56. The summed E-state index contributed by atoms with van der Waals surface area (Å²) in [4.78, 5) is 4.44. The Hall–Kier alpha value is -0.780. The lowest BCUT2D eigenvalue weighted by Crippen LogP contribution is -2.68. The van der Waals surface area contributed by atoms with Crippen LogP contribution < -0.4 is 10.6 Å². The van der Waals surface area contributed by atoms with E-state index >= 15 is 0 Å². The summed E-state index contributed by atoms with van der Waals surface area (Å²) in [6.07, 6.45) is 0. The molecule has 2 N–H and O–H groups in total. The molecule has 0 saturated carbocycles. The number of nitrogens with zero attached hydrogens (tertiary/aromatic N) is 4. The van der Waals surface area contributed by atoms with E-state index in [1.165, 1.54) is 0 Å². The highest BCUT2D eigenvalue weighted by Crippen LogP contribution is 2.11. The minimum Gasteiger partial charge on any atom is -0.383 e. The van der Waals surface area contributed by atoms with Crippen molar-refractivity contribution in [3.8, 4) is 0 Å².